The molecule has 6 heteroatoms. The van der Waals surface area contributed by atoms with Crippen molar-refractivity contribution in [1.29, 1.82) is 0 Å². The van der Waals surface area contributed by atoms with Gasteiger partial charge in [0.25, 0.3) is 0 Å². The van der Waals surface area contributed by atoms with E-state index < -0.39 is 0 Å². The standard InChI is InChI=1S/C18H26N4O2/c23-17(14-15-6-1-2-7-15)21-10-5-11-22(13-12-21)18(24)20-16-8-3-4-9-19-16/h3-4,8-9,15H,1-2,5-7,10-14H2,(H,19,20,24). The SMILES string of the molecule is O=C(CC1CCCC1)N1CCCN(C(=O)Nc2ccccn2)CC1. The van der Waals surface area contributed by atoms with Gasteiger partial charge in [0.2, 0.25) is 5.91 Å². The molecule has 1 saturated heterocycles. The average Bonchev–Trinajstić information content (AvgIpc) is 2.96. The number of carbonyl (C=O) groups is 2. The summed E-state index contributed by atoms with van der Waals surface area (Å²) in [6.07, 6.45) is 8.07. The predicted molar refractivity (Wildman–Crippen MR) is 92.6 cm³/mol. The minimum atomic E-state index is -0.140. The molecule has 3 rings (SSSR count). The number of nitrogens with one attached hydrogen (secondary N) is 1. The van der Waals surface area contributed by atoms with E-state index in [1.54, 1.807) is 17.2 Å². The lowest BCUT2D eigenvalue weighted by Gasteiger charge is -2.23. The molecule has 6 nitrogen and oxygen atoms in total. The number of nitrogens with zero attached hydrogens (tertiary/aromatic N) is 3. The first kappa shape index (κ1) is 16.7. The maximum Gasteiger partial charge on any atom is 0.323 e. The highest BCUT2D eigenvalue weighted by molar-refractivity contribution is 5.88. The van der Waals surface area contributed by atoms with Gasteiger partial charge in [-0.3, -0.25) is 10.1 Å². The summed E-state index contributed by atoms with van der Waals surface area (Å²) in [7, 11) is 0. The molecule has 1 N–H and O–H groups in total. The van der Waals surface area contributed by atoms with E-state index in [1.165, 1.54) is 25.7 Å². The zero-order valence-corrected chi connectivity index (χ0v) is 14.1. The number of pyridine rings is 1. The predicted octanol–water partition coefficient (Wildman–Crippen LogP) is 2.73. The summed E-state index contributed by atoms with van der Waals surface area (Å²) in [6, 6.07) is 5.29. The summed E-state index contributed by atoms with van der Waals surface area (Å²) >= 11 is 0. The van der Waals surface area contributed by atoms with Crippen molar-refractivity contribution in [2.45, 2.75) is 38.5 Å². The van der Waals surface area contributed by atoms with Crippen molar-refractivity contribution in [3.63, 3.8) is 0 Å². The van der Waals surface area contributed by atoms with Crippen LogP contribution in [-0.4, -0.2) is 52.9 Å². The molecule has 0 aromatic carbocycles. The molecule has 2 fully saturated rings. The van der Waals surface area contributed by atoms with Crippen LogP contribution in [0.4, 0.5) is 10.6 Å². The van der Waals surface area contributed by atoms with Crippen molar-refractivity contribution in [3.05, 3.63) is 24.4 Å². The third-order valence-electron chi connectivity index (χ3n) is 4.97. The number of amides is 3. The zero-order chi connectivity index (χ0) is 16.8. The number of anilines is 1. The van der Waals surface area contributed by atoms with Crippen molar-refractivity contribution in [1.82, 2.24) is 14.8 Å². The summed E-state index contributed by atoms with van der Waals surface area (Å²) in [5.41, 5.74) is 0. The number of hydrogen-bond acceptors (Lipinski definition) is 3. The number of rotatable bonds is 3. The van der Waals surface area contributed by atoms with Crippen molar-refractivity contribution in [2.24, 2.45) is 5.92 Å². The second-order valence-corrected chi connectivity index (χ2v) is 6.72. The third kappa shape index (κ3) is 4.46. The van der Waals surface area contributed by atoms with Crippen LogP contribution in [0.25, 0.3) is 0 Å². The Balaban J connectivity index is 1.49. The lowest BCUT2D eigenvalue weighted by Crippen LogP contribution is -2.39. The molecular formula is C18H26N4O2. The Bertz CT molecular complexity index is 557. The Morgan fingerprint density at radius 1 is 1.04 bits per heavy atom. The zero-order valence-electron chi connectivity index (χ0n) is 14.1. The first-order valence-corrected chi connectivity index (χ1v) is 8.97. The average molecular weight is 330 g/mol. The highest BCUT2D eigenvalue weighted by atomic mass is 16.2. The Morgan fingerprint density at radius 2 is 1.79 bits per heavy atom. The summed E-state index contributed by atoms with van der Waals surface area (Å²) in [4.78, 5) is 32.6. The Labute approximate surface area is 143 Å². The van der Waals surface area contributed by atoms with Crippen LogP contribution in [0.3, 0.4) is 0 Å². The van der Waals surface area contributed by atoms with Gasteiger partial charge in [0.15, 0.2) is 0 Å². The van der Waals surface area contributed by atoms with Gasteiger partial charge < -0.3 is 9.80 Å². The van der Waals surface area contributed by atoms with Crippen LogP contribution in [0.5, 0.6) is 0 Å². The van der Waals surface area contributed by atoms with Crippen LogP contribution in [-0.2, 0) is 4.79 Å². The smallest absolute Gasteiger partial charge is 0.323 e. The van der Waals surface area contributed by atoms with Crippen molar-refractivity contribution in [3.8, 4) is 0 Å². The maximum atomic E-state index is 12.5. The van der Waals surface area contributed by atoms with Gasteiger partial charge in [-0.2, -0.15) is 0 Å². The second-order valence-electron chi connectivity index (χ2n) is 6.72. The molecule has 1 saturated carbocycles. The summed E-state index contributed by atoms with van der Waals surface area (Å²) in [5, 5.41) is 2.81. The Kier molecular flexibility index (Phi) is 5.67. The molecule has 1 aliphatic heterocycles. The van der Waals surface area contributed by atoms with E-state index in [-0.39, 0.29) is 11.9 Å². The topological polar surface area (TPSA) is 65.5 Å². The van der Waals surface area contributed by atoms with Crippen molar-refractivity contribution >= 4 is 17.8 Å². The molecule has 0 atom stereocenters. The van der Waals surface area contributed by atoms with Crippen LogP contribution in [0, 0.1) is 5.92 Å². The van der Waals surface area contributed by atoms with Gasteiger partial charge in [0, 0.05) is 38.8 Å². The van der Waals surface area contributed by atoms with Crippen LogP contribution >= 0.6 is 0 Å². The fourth-order valence-electron chi connectivity index (χ4n) is 3.59. The molecule has 24 heavy (non-hydrogen) atoms. The molecule has 0 radical (unpaired) electrons. The van der Waals surface area contributed by atoms with E-state index in [0.29, 0.717) is 37.8 Å². The van der Waals surface area contributed by atoms with Gasteiger partial charge in [-0.1, -0.05) is 18.9 Å². The lowest BCUT2D eigenvalue weighted by atomic mass is 10.0. The molecule has 2 heterocycles. The van der Waals surface area contributed by atoms with Gasteiger partial charge in [-0.05, 0) is 37.3 Å². The van der Waals surface area contributed by atoms with E-state index >= 15 is 0 Å². The summed E-state index contributed by atoms with van der Waals surface area (Å²) in [5.74, 6) is 1.39. The highest BCUT2D eigenvalue weighted by Crippen LogP contribution is 2.28. The van der Waals surface area contributed by atoms with E-state index in [4.69, 9.17) is 0 Å². The lowest BCUT2D eigenvalue weighted by molar-refractivity contribution is -0.132. The van der Waals surface area contributed by atoms with Crippen molar-refractivity contribution in [2.75, 3.05) is 31.5 Å². The molecule has 0 unspecified atom stereocenters. The number of hydrogen-bond donors (Lipinski definition) is 1. The van der Waals surface area contributed by atoms with Gasteiger partial charge in [-0.15, -0.1) is 0 Å². The first-order valence-electron chi connectivity index (χ1n) is 8.97. The first-order chi connectivity index (χ1) is 11.7. The van der Waals surface area contributed by atoms with Crippen LogP contribution in [0.15, 0.2) is 24.4 Å². The quantitative estimate of drug-likeness (QED) is 0.927. The van der Waals surface area contributed by atoms with Gasteiger partial charge in [0.1, 0.15) is 5.82 Å². The molecular weight excluding hydrogens is 304 g/mol. The number of aromatic nitrogens is 1. The van der Waals surface area contributed by atoms with E-state index in [0.717, 1.165) is 13.0 Å². The van der Waals surface area contributed by atoms with Crippen LogP contribution in [0.2, 0.25) is 0 Å². The number of urea groups is 1. The molecule has 0 spiro atoms. The molecule has 0 bridgehead atoms. The monoisotopic (exact) mass is 330 g/mol. The molecule has 1 aromatic heterocycles. The van der Waals surface area contributed by atoms with Crippen LogP contribution < -0.4 is 5.32 Å². The third-order valence-corrected chi connectivity index (χ3v) is 4.97. The van der Waals surface area contributed by atoms with E-state index in [9.17, 15) is 9.59 Å². The molecule has 1 aromatic rings. The van der Waals surface area contributed by atoms with Gasteiger partial charge >= 0.3 is 6.03 Å². The van der Waals surface area contributed by atoms with E-state index in [2.05, 4.69) is 10.3 Å². The van der Waals surface area contributed by atoms with E-state index in [1.807, 2.05) is 17.0 Å². The largest absolute Gasteiger partial charge is 0.341 e. The second kappa shape index (κ2) is 8.13. The fourth-order valence-corrected chi connectivity index (χ4v) is 3.59. The molecule has 1 aliphatic carbocycles. The molecule has 2 aliphatic rings. The Morgan fingerprint density at radius 3 is 2.54 bits per heavy atom. The van der Waals surface area contributed by atoms with Crippen molar-refractivity contribution < 1.29 is 9.59 Å². The normalized spacial score (nSPS) is 19.2. The summed E-state index contributed by atoms with van der Waals surface area (Å²) < 4.78 is 0. The number of carbonyl (C=O) groups excluding carboxylic acids is 2. The highest BCUT2D eigenvalue weighted by Gasteiger charge is 2.25. The van der Waals surface area contributed by atoms with Crippen LogP contribution in [0.1, 0.15) is 38.5 Å². The summed E-state index contributed by atoms with van der Waals surface area (Å²) in [6.45, 7) is 2.63. The Hall–Kier alpha value is -2.11. The molecule has 130 valence electrons. The minimum absolute atomic E-state index is 0.140. The van der Waals surface area contributed by atoms with Gasteiger partial charge in [-0.25, -0.2) is 9.78 Å². The maximum absolute atomic E-state index is 12.5. The van der Waals surface area contributed by atoms with Gasteiger partial charge in [0.05, 0.1) is 0 Å². The fraction of sp³-hybridized carbons (Fsp3) is 0.611. The molecule has 3 amide bonds. The minimum Gasteiger partial charge on any atom is -0.341 e.